The fraction of sp³-hybridized carbons (Fsp3) is 0.353. The molecular formula is C17H19N5O2S. The van der Waals surface area contributed by atoms with Gasteiger partial charge in [-0.15, -0.1) is 0 Å². The van der Waals surface area contributed by atoms with Crippen molar-refractivity contribution in [3.05, 3.63) is 57.6 Å². The van der Waals surface area contributed by atoms with Gasteiger partial charge >= 0.3 is 5.82 Å². The zero-order chi connectivity index (χ0) is 17.2. The number of fused-ring (bicyclic) bond motifs is 1. The zero-order valence-corrected chi connectivity index (χ0v) is 14.5. The molecule has 0 bridgehead atoms. The van der Waals surface area contributed by atoms with Crippen LogP contribution in [-0.4, -0.2) is 38.3 Å². The quantitative estimate of drug-likeness (QED) is 0.560. The minimum Gasteiger partial charge on any atom is -0.359 e. The van der Waals surface area contributed by atoms with E-state index < -0.39 is 0 Å². The summed E-state index contributed by atoms with van der Waals surface area (Å²) in [6.45, 7) is 2.81. The minimum absolute atomic E-state index is 0.0245. The van der Waals surface area contributed by atoms with Gasteiger partial charge in [0, 0.05) is 24.5 Å². The van der Waals surface area contributed by atoms with Gasteiger partial charge in [-0.25, -0.2) is 0 Å². The molecule has 1 fully saturated rings. The normalized spacial score (nSPS) is 18.5. The van der Waals surface area contributed by atoms with Gasteiger partial charge < -0.3 is 15.4 Å². The van der Waals surface area contributed by atoms with Gasteiger partial charge in [0.1, 0.15) is 6.20 Å². The summed E-state index contributed by atoms with van der Waals surface area (Å²) in [6, 6.07) is 10.6. The number of imidazole rings is 1. The van der Waals surface area contributed by atoms with Crippen LogP contribution in [0.25, 0.3) is 4.96 Å². The van der Waals surface area contributed by atoms with Crippen molar-refractivity contribution in [2.45, 2.75) is 25.4 Å². The van der Waals surface area contributed by atoms with Crippen molar-refractivity contribution in [2.24, 2.45) is 0 Å². The number of nitrogens with one attached hydrogen (secondary N) is 1. The van der Waals surface area contributed by atoms with Gasteiger partial charge in [0.15, 0.2) is 0 Å². The number of piperidine rings is 1. The molecule has 3 aromatic rings. The van der Waals surface area contributed by atoms with Gasteiger partial charge in [0.05, 0.1) is 0 Å². The minimum atomic E-state index is -0.361. The lowest BCUT2D eigenvalue weighted by Gasteiger charge is -2.33. The molecule has 0 amide bonds. The van der Waals surface area contributed by atoms with E-state index in [2.05, 4.69) is 39.5 Å². The van der Waals surface area contributed by atoms with Crippen LogP contribution in [0, 0.1) is 10.1 Å². The van der Waals surface area contributed by atoms with Crippen LogP contribution in [0.5, 0.6) is 0 Å². The lowest BCUT2D eigenvalue weighted by molar-refractivity contribution is -0.389. The molecule has 1 unspecified atom stereocenters. The largest absolute Gasteiger partial charge is 0.372 e. The first-order valence-corrected chi connectivity index (χ1v) is 9.21. The van der Waals surface area contributed by atoms with Crippen LogP contribution in [0.4, 0.5) is 11.6 Å². The van der Waals surface area contributed by atoms with E-state index in [9.17, 15) is 10.1 Å². The molecule has 1 N–H and O–H groups in total. The molecule has 1 aromatic carbocycles. The van der Waals surface area contributed by atoms with E-state index in [1.165, 1.54) is 21.3 Å². The summed E-state index contributed by atoms with van der Waals surface area (Å²) in [5.41, 5.74) is 1.29. The highest BCUT2D eigenvalue weighted by Crippen LogP contribution is 2.29. The van der Waals surface area contributed by atoms with Crippen molar-refractivity contribution in [2.75, 3.05) is 18.4 Å². The van der Waals surface area contributed by atoms with Crippen molar-refractivity contribution in [1.29, 1.82) is 0 Å². The highest BCUT2D eigenvalue weighted by atomic mass is 32.1. The molecule has 2 aromatic heterocycles. The van der Waals surface area contributed by atoms with Crippen LogP contribution in [0.3, 0.4) is 0 Å². The highest BCUT2D eigenvalue weighted by molar-refractivity contribution is 7.15. The first-order chi connectivity index (χ1) is 12.2. The predicted octanol–water partition coefficient (Wildman–Crippen LogP) is 3.38. The summed E-state index contributed by atoms with van der Waals surface area (Å²) >= 11 is 1.40. The third kappa shape index (κ3) is 3.35. The summed E-state index contributed by atoms with van der Waals surface area (Å²) in [4.78, 5) is 18.5. The number of benzene rings is 1. The molecule has 0 aliphatic carbocycles. The Morgan fingerprint density at radius 1 is 1.36 bits per heavy atom. The first-order valence-electron chi connectivity index (χ1n) is 8.33. The summed E-state index contributed by atoms with van der Waals surface area (Å²) in [5, 5.41) is 16.6. The van der Waals surface area contributed by atoms with Crippen LogP contribution in [0.1, 0.15) is 18.4 Å². The second kappa shape index (κ2) is 6.81. The fourth-order valence-corrected chi connectivity index (χ4v) is 4.11. The summed E-state index contributed by atoms with van der Waals surface area (Å²) in [7, 11) is 0. The van der Waals surface area contributed by atoms with Crippen molar-refractivity contribution in [3.8, 4) is 0 Å². The van der Waals surface area contributed by atoms with Crippen molar-refractivity contribution in [1.82, 2.24) is 14.3 Å². The molecule has 1 aliphatic rings. The zero-order valence-electron chi connectivity index (χ0n) is 13.7. The third-order valence-electron chi connectivity index (χ3n) is 4.51. The van der Waals surface area contributed by atoms with E-state index in [4.69, 9.17) is 0 Å². The lowest BCUT2D eigenvalue weighted by Crippen LogP contribution is -2.41. The maximum absolute atomic E-state index is 11.4. The Kier molecular flexibility index (Phi) is 4.37. The Hall–Kier alpha value is -2.45. The first kappa shape index (κ1) is 16.0. The molecule has 4 rings (SSSR count). The monoisotopic (exact) mass is 357 g/mol. The predicted molar refractivity (Wildman–Crippen MR) is 98.1 cm³/mol. The maximum atomic E-state index is 11.4. The molecule has 0 saturated carbocycles. The molecule has 8 heteroatoms. The van der Waals surface area contributed by atoms with E-state index in [1.807, 2.05) is 6.07 Å². The second-order valence-electron chi connectivity index (χ2n) is 6.30. The van der Waals surface area contributed by atoms with Gasteiger partial charge in [0.2, 0.25) is 5.82 Å². The molecule has 25 heavy (non-hydrogen) atoms. The van der Waals surface area contributed by atoms with Crippen LogP contribution in [-0.2, 0) is 6.54 Å². The fourth-order valence-electron chi connectivity index (χ4n) is 3.40. The van der Waals surface area contributed by atoms with Gasteiger partial charge in [-0.3, -0.25) is 4.90 Å². The van der Waals surface area contributed by atoms with Crippen LogP contribution >= 0.6 is 11.3 Å². The number of rotatable bonds is 5. The Bertz CT molecular complexity index is 876. The Balaban J connectivity index is 1.48. The number of aromatic nitrogens is 2. The van der Waals surface area contributed by atoms with Gasteiger partial charge in [-0.05, 0) is 29.9 Å². The molecule has 1 saturated heterocycles. The third-order valence-corrected chi connectivity index (χ3v) is 5.26. The molecule has 0 radical (unpaired) electrons. The van der Waals surface area contributed by atoms with Crippen molar-refractivity contribution >= 4 is 27.9 Å². The molecule has 130 valence electrons. The summed E-state index contributed by atoms with van der Waals surface area (Å²) < 4.78 is 1.54. The number of hydrogen-bond acceptors (Lipinski definition) is 6. The number of thiazole rings is 1. The molecule has 1 aliphatic heterocycles. The van der Waals surface area contributed by atoms with Gasteiger partial charge in [-0.1, -0.05) is 41.7 Å². The average Bonchev–Trinajstić information content (AvgIpc) is 3.16. The Morgan fingerprint density at radius 2 is 2.20 bits per heavy atom. The molecule has 1 atom stereocenters. The van der Waals surface area contributed by atoms with E-state index >= 15 is 0 Å². The summed E-state index contributed by atoms with van der Waals surface area (Å²) in [6.07, 6.45) is 3.76. The number of hydrogen-bond donors (Lipinski definition) is 1. The number of nitro groups is 1. The Morgan fingerprint density at radius 3 is 3.00 bits per heavy atom. The lowest BCUT2D eigenvalue weighted by atomic mass is 10.0. The van der Waals surface area contributed by atoms with Gasteiger partial charge in [-0.2, -0.15) is 9.38 Å². The SMILES string of the molecule is O=[N+]([O-])c1c(NC2CCCN(Cc3ccccc3)C2)nc2sccn12. The van der Waals surface area contributed by atoms with E-state index in [-0.39, 0.29) is 16.8 Å². The van der Waals surface area contributed by atoms with Crippen LogP contribution in [0.2, 0.25) is 0 Å². The van der Waals surface area contributed by atoms with Crippen molar-refractivity contribution in [3.63, 3.8) is 0 Å². The standard InChI is InChI=1S/C17H19N5O2S/c23-22(24)16-15(19-17-21(16)9-10-25-17)18-14-7-4-8-20(12-14)11-13-5-2-1-3-6-13/h1-3,5-6,9-10,14,18H,4,7-8,11-12H2. The van der Waals surface area contributed by atoms with Gasteiger partial charge in [0.25, 0.3) is 4.96 Å². The van der Waals surface area contributed by atoms with E-state index in [0.717, 1.165) is 32.5 Å². The molecular weight excluding hydrogens is 338 g/mol. The molecule has 7 nitrogen and oxygen atoms in total. The number of nitrogens with zero attached hydrogens (tertiary/aromatic N) is 4. The van der Waals surface area contributed by atoms with Crippen LogP contribution in [0.15, 0.2) is 41.9 Å². The number of likely N-dealkylation sites (tertiary alicyclic amines) is 1. The second-order valence-corrected chi connectivity index (χ2v) is 7.17. The molecule has 3 heterocycles. The van der Waals surface area contributed by atoms with Crippen LogP contribution < -0.4 is 5.32 Å². The topological polar surface area (TPSA) is 75.7 Å². The highest BCUT2D eigenvalue weighted by Gasteiger charge is 2.27. The van der Waals surface area contributed by atoms with Crippen molar-refractivity contribution < 1.29 is 4.92 Å². The maximum Gasteiger partial charge on any atom is 0.372 e. The Labute approximate surface area is 149 Å². The average molecular weight is 357 g/mol. The van der Waals surface area contributed by atoms with E-state index in [0.29, 0.717) is 10.8 Å². The molecule has 0 spiro atoms. The number of anilines is 1. The summed E-state index contributed by atoms with van der Waals surface area (Å²) in [5.74, 6) is 0.403. The smallest absolute Gasteiger partial charge is 0.359 e. The van der Waals surface area contributed by atoms with E-state index in [1.54, 1.807) is 11.6 Å².